The number of imide groups is 1. The van der Waals surface area contributed by atoms with Crippen molar-refractivity contribution in [1.82, 2.24) is 0 Å². The molecule has 1 aromatic carbocycles. The molecule has 1 unspecified atom stereocenters. The molecule has 2 heterocycles. The Morgan fingerprint density at radius 3 is 2.43 bits per heavy atom. The number of hydrogen-bond donors (Lipinski definition) is 2. The molecule has 0 bridgehead atoms. The van der Waals surface area contributed by atoms with Crippen LogP contribution in [-0.4, -0.2) is 42.2 Å². The van der Waals surface area contributed by atoms with E-state index < -0.39 is 6.10 Å². The Balaban J connectivity index is 1.92. The summed E-state index contributed by atoms with van der Waals surface area (Å²) >= 11 is 0. The van der Waals surface area contributed by atoms with Crippen LogP contribution in [0.2, 0.25) is 0 Å². The number of aliphatic hydroxyl groups excluding tert-OH is 1. The normalized spacial score (nSPS) is 19.6. The summed E-state index contributed by atoms with van der Waals surface area (Å²) in [5.74, 6) is -0.995. The molecule has 3 N–H and O–H groups in total. The van der Waals surface area contributed by atoms with Gasteiger partial charge in [-0.05, 0) is 37.5 Å². The van der Waals surface area contributed by atoms with Crippen LogP contribution in [0.1, 0.15) is 50.2 Å². The van der Waals surface area contributed by atoms with E-state index in [1.807, 2.05) is 4.90 Å². The summed E-state index contributed by atoms with van der Waals surface area (Å²) in [4.78, 5) is 50.0. The number of nitrogens with two attached hydrogens (primary N) is 1. The average molecular weight is 387 g/mol. The molecule has 150 valence electrons. The fourth-order valence-electron chi connectivity index (χ4n) is 3.90. The number of carbonyl (C=O) groups is 4. The molecule has 0 spiro atoms. The van der Waals surface area contributed by atoms with Crippen LogP contribution in [0, 0.1) is 5.92 Å². The van der Waals surface area contributed by atoms with Crippen LogP contribution >= 0.6 is 0 Å². The van der Waals surface area contributed by atoms with Gasteiger partial charge in [-0.2, -0.15) is 0 Å². The van der Waals surface area contributed by atoms with Gasteiger partial charge in [-0.25, -0.2) is 0 Å². The molecular weight excluding hydrogens is 362 g/mol. The van der Waals surface area contributed by atoms with E-state index in [-0.39, 0.29) is 30.1 Å². The molecule has 3 rings (SSSR count). The minimum absolute atomic E-state index is 0.0872. The van der Waals surface area contributed by atoms with Gasteiger partial charge < -0.3 is 20.5 Å². The van der Waals surface area contributed by atoms with Crippen molar-refractivity contribution in [3.8, 4) is 0 Å². The standard InChI is InChI=1S/C20H25N3O5/c21-20(28)13-6-9-22(10-7-13)16-5-4-14(12-15(16)17(25)8-11-24)23-18(26)2-1-3-19(23)27/h4-5,11-13,17,25H,1-3,6-10H2,(H2,21,28). The number of aldehydes is 1. The molecule has 0 aromatic heterocycles. The highest BCUT2D eigenvalue weighted by atomic mass is 16.3. The number of primary amides is 1. The molecule has 2 aliphatic rings. The maximum atomic E-state index is 12.2. The maximum Gasteiger partial charge on any atom is 0.233 e. The molecule has 2 aliphatic heterocycles. The van der Waals surface area contributed by atoms with Gasteiger partial charge in [-0.3, -0.25) is 19.3 Å². The first-order valence-corrected chi connectivity index (χ1v) is 9.58. The lowest BCUT2D eigenvalue weighted by Gasteiger charge is -2.35. The fraction of sp³-hybridized carbons (Fsp3) is 0.500. The van der Waals surface area contributed by atoms with Crippen LogP contribution < -0.4 is 15.5 Å². The number of amides is 3. The Morgan fingerprint density at radius 1 is 1.21 bits per heavy atom. The van der Waals surface area contributed by atoms with Crippen molar-refractivity contribution in [2.24, 2.45) is 11.7 Å². The fourth-order valence-corrected chi connectivity index (χ4v) is 3.90. The van der Waals surface area contributed by atoms with Gasteiger partial charge in [0.15, 0.2) is 0 Å². The number of aliphatic hydroxyl groups is 1. The quantitative estimate of drug-likeness (QED) is 0.556. The molecule has 2 fully saturated rings. The first-order valence-electron chi connectivity index (χ1n) is 9.58. The summed E-state index contributed by atoms with van der Waals surface area (Å²) in [6, 6.07) is 5.07. The first-order chi connectivity index (χ1) is 13.4. The Labute approximate surface area is 163 Å². The van der Waals surface area contributed by atoms with E-state index in [0.29, 0.717) is 62.7 Å². The Hall–Kier alpha value is -2.74. The van der Waals surface area contributed by atoms with E-state index >= 15 is 0 Å². The van der Waals surface area contributed by atoms with Crippen LogP contribution in [0.4, 0.5) is 11.4 Å². The van der Waals surface area contributed by atoms with Crippen LogP contribution in [0.5, 0.6) is 0 Å². The number of carbonyl (C=O) groups excluding carboxylic acids is 4. The Bertz CT molecular complexity index is 770. The zero-order valence-electron chi connectivity index (χ0n) is 15.7. The van der Waals surface area contributed by atoms with E-state index in [1.165, 1.54) is 0 Å². The number of benzene rings is 1. The lowest BCUT2D eigenvalue weighted by molar-refractivity contribution is -0.129. The first kappa shape index (κ1) is 20.0. The Morgan fingerprint density at radius 2 is 1.86 bits per heavy atom. The summed E-state index contributed by atoms with van der Waals surface area (Å²) in [6.45, 7) is 1.19. The van der Waals surface area contributed by atoms with Crippen molar-refractivity contribution >= 4 is 35.4 Å². The molecule has 8 nitrogen and oxygen atoms in total. The predicted octanol–water partition coefficient (Wildman–Crippen LogP) is 1.05. The topological polar surface area (TPSA) is 121 Å². The second-order valence-electron chi connectivity index (χ2n) is 7.30. The van der Waals surface area contributed by atoms with Gasteiger partial charge in [0, 0.05) is 49.5 Å². The number of hydrogen-bond acceptors (Lipinski definition) is 6. The second-order valence-corrected chi connectivity index (χ2v) is 7.30. The SMILES string of the molecule is NC(=O)C1CCN(c2ccc(N3C(=O)CCCC3=O)cc2C(O)CC=O)CC1. The molecule has 0 saturated carbocycles. The smallest absolute Gasteiger partial charge is 0.233 e. The van der Waals surface area contributed by atoms with Crippen molar-refractivity contribution in [2.45, 2.75) is 44.6 Å². The van der Waals surface area contributed by atoms with E-state index in [4.69, 9.17) is 5.73 Å². The van der Waals surface area contributed by atoms with Gasteiger partial charge in [0.1, 0.15) is 6.29 Å². The van der Waals surface area contributed by atoms with Crippen molar-refractivity contribution in [3.63, 3.8) is 0 Å². The van der Waals surface area contributed by atoms with Crippen LogP contribution in [0.15, 0.2) is 18.2 Å². The highest BCUT2D eigenvalue weighted by Gasteiger charge is 2.30. The van der Waals surface area contributed by atoms with E-state index in [2.05, 4.69) is 0 Å². The number of anilines is 2. The minimum atomic E-state index is -1.05. The third-order valence-electron chi connectivity index (χ3n) is 5.47. The second kappa shape index (κ2) is 8.52. The molecule has 1 atom stereocenters. The third kappa shape index (κ3) is 4.06. The number of piperidine rings is 2. The van der Waals surface area contributed by atoms with Crippen LogP contribution in [0.3, 0.4) is 0 Å². The predicted molar refractivity (Wildman–Crippen MR) is 103 cm³/mol. The van der Waals surface area contributed by atoms with Gasteiger partial charge >= 0.3 is 0 Å². The van der Waals surface area contributed by atoms with E-state index in [9.17, 15) is 24.3 Å². The summed E-state index contributed by atoms with van der Waals surface area (Å²) in [7, 11) is 0. The largest absolute Gasteiger partial charge is 0.388 e. The average Bonchev–Trinajstić information content (AvgIpc) is 2.68. The summed E-state index contributed by atoms with van der Waals surface area (Å²) in [6.07, 6.45) is 1.89. The zero-order chi connectivity index (χ0) is 20.3. The molecule has 8 heteroatoms. The summed E-state index contributed by atoms with van der Waals surface area (Å²) in [5, 5.41) is 10.5. The maximum absolute atomic E-state index is 12.2. The summed E-state index contributed by atoms with van der Waals surface area (Å²) in [5.41, 5.74) is 7.03. The highest BCUT2D eigenvalue weighted by Crippen LogP contribution is 2.35. The minimum Gasteiger partial charge on any atom is -0.388 e. The van der Waals surface area contributed by atoms with Crippen molar-refractivity contribution < 1.29 is 24.3 Å². The lowest BCUT2D eigenvalue weighted by atomic mass is 9.94. The van der Waals surface area contributed by atoms with Gasteiger partial charge in [0.05, 0.1) is 11.8 Å². The summed E-state index contributed by atoms with van der Waals surface area (Å²) < 4.78 is 0. The van der Waals surface area contributed by atoms with Gasteiger partial charge in [-0.15, -0.1) is 0 Å². The number of rotatable bonds is 6. The van der Waals surface area contributed by atoms with E-state index in [1.54, 1.807) is 18.2 Å². The van der Waals surface area contributed by atoms with Crippen molar-refractivity contribution in [2.75, 3.05) is 22.9 Å². The molecule has 1 aromatic rings. The third-order valence-corrected chi connectivity index (χ3v) is 5.47. The zero-order valence-corrected chi connectivity index (χ0v) is 15.7. The molecule has 0 aliphatic carbocycles. The lowest BCUT2D eigenvalue weighted by Crippen LogP contribution is -2.40. The van der Waals surface area contributed by atoms with Crippen molar-refractivity contribution in [1.29, 1.82) is 0 Å². The molecule has 28 heavy (non-hydrogen) atoms. The van der Waals surface area contributed by atoms with E-state index in [0.717, 1.165) is 10.6 Å². The van der Waals surface area contributed by atoms with Gasteiger partial charge in [0.2, 0.25) is 17.7 Å². The Kier molecular flexibility index (Phi) is 6.08. The number of nitrogens with zero attached hydrogens (tertiary/aromatic N) is 2. The highest BCUT2D eigenvalue weighted by molar-refractivity contribution is 6.16. The van der Waals surface area contributed by atoms with Crippen LogP contribution in [-0.2, 0) is 19.2 Å². The molecule has 2 saturated heterocycles. The molecule has 3 amide bonds. The van der Waals surface area contributed by atoms with Gasteiger partial charge in [-0.1, -0.05) is 0 Å². The monoisotopic (exact) mass is 387 g/mol. The van der Waals surface area contributed by atoms with Gasteiger partial charge in [0.25, 0.3) is 0 Å². The molecule has 0 radical (unpaired) electrons. The van der Waals surface area contributed by atoms with Crippen LogP contribution in [0.25, 0.3) is 0 Å². The van der Waals surface area contributed by atoms with Crippen molar-refractivity contribution in [3.05, 3.63) is 23.8 Å². The molecular formula is C20H25N3O5.